The van der Waals surface area contributed by atoms with Crippen LogP contribution >= 0.6 is 11.6 Å². The number of benzene rings is 2. The number of carbonyl (C=O) groups excluding carboxylic acids is 1. The number of hydrogen-bond acceptors (Lipinski definition) is 8. The van der Waals surface area contributed by atoms with Gasteiger partial charge in [0.05, 0.1) is 42.4 Å². The maximum absolute atomic E-state index is 12.6. The molecule has 9 nitrogen and oxygen atoms in total. The number of aromatic nitrogens is 2. The average molecular weight is 606 g/mol. The summed E-state index contributed by atoms with van der Waals surface area (Å²) in [6.07, 6.45) is 3.25. The topological polar surface area (TPSA) is 88.8 Å². The molecule has 1 amide bonds. The number of nitrogens with zero attached hydrogens (tertiary/aromatic N) is 7. The van der Waals surface area contributed by atoms with Crippen LogP contribution in [0.4, 0.5) is 11.5 Å². The summed E-state index contributed by atoms with van der Waals surface area (Å²) in [7, 11) is 0. The molecule has 0 N–H and O–H groups in total. The maximum Gasteiger partial charge on any atom is 0.318 e. The minimum Gasteiger partial charge on any atom is -0.463 e. The van der Waals surface area contributed by atoms with E-state index in [0.29, 0.717) is 67.7 Å². The Bertz CT molecular complexity index is 1770. The third kappa shape index (κ3) is 5.99. The van der Waals surface area contributed by atoms with Gasteiger partial charge in [-0.2, -0.15) is 15.2 Å². The van der Waals surface area contributed by atoms with E-state index < -0.39 is 19.4 Å². The van der Waals surface area contributed by atoms with Crippen molar-refractivity contribution in [3.63, 3.8) is 0 Å². The molecule has 10 heteroatoms. The van der Waals surface area contributed by atoms with Gasteiger partial charge in [-0.05, 0) is 56.8 Å². The van der Waals surface area contributed by atoms with Crippen LogP contribution in [0.3, 0.4) is 0 Å². The fourth-order valence-electron chi connectivity index (χ4n) is 6.27. The van der Waals surface area contributed by atoms with Crippen LogP contribution in [-0.2, 0) is 17.8 Å². The van der Waals surface area contributed by atoms with Crippen molar-refractivity contribution in [3.8, 4) is 12.1 Å². The van der Waals surface area contributed by atoms with E-state index in [-0.39, 0.29) is 37.5 Å². The first-order valence-electron chi connectivity index (χ1n) is 17.5. The number of anilines is 2. The Hall–Kier alpha value is -3.87. The van der Waals surface area contributed by atoms with Crippen LogP contribution in [0.2, 0.25) is 5.02 Å². The lowest BCUT2D eigenvalue weighted by molar-refractivity contribution is -0.128. The molecule has 3 aliphatic rings. The van der Waals surface area contributed by atoms with Gasteiger partial charge in [0.1, 0.15) is 5.82 Å². The van der Waals surface area contributed by atoms with Gasteiger partial charge in [0.15, 0.2) is 0 Å². The van der Waals surface area contributed by atoms with Gasteiger partial charge in [-0.15, -0.1) is 0 Å². The van der Waals surface area contributed by atoms with Gasteiger partial charge in [-0.25, -0.2) is 0 Å². The summed E-state index contributed by atoms with van der Waals surface area (Å²) >= 11 is 6.69. The molecule has 0 bridgehead atoms. The molecule has 43 heavy (non-hydrogen) atoms. The quantitative estimate of drug-likeness (QED) is 0.325. The third-order valence-corrected chi connectivity index (χ3v) is 9.04. The fourth-order valence-corrected chi connectivity index (χ4v) is 6.55. The van der Waals surface area contributed by atoms with Crippen molar-refractivity contribution in [2.45, 2.75) is 38.3 Å². The molecule has 0 radical (unpaired) electrons. The van der Waals surface area contributed by atoms with Crippen molar-refractivity contribution >= 4 is 39.8 Å². The van der Waals surface area contributed by atoms with E-state index in [9.17, 15) is 10.1 Å². The maximum atomic E-state index is 12.6. The second kappa shape index (κ2) is 12.0. The van der Waals surface area contributed by atoms with Gasteiger partial charge in [-0.3, -0.25) is 4.79 Å². The van der Waals surface area contributed by atoms with Crippen LogP contribution in [0.1, 0.15) is 38.7 Å². The van der Waals surface area contributed by atoms with Crippen molar-refractivity contribution in [1.29, 1.82) is 5.26 Å². The molecule has 1 aliphatic carbocycles. The van der Waals surface area contributed by atoms with Crippen molar-refractivity contribution in [2.75, 3.05) is 63.1 Å². The monoisotopic (exact) mass is 605 g/mol. The molecule has 2 fully saturated rings. The van der Waals surface area contributed by atoms with Crippen LogP contribution in [0, 0.1) is 16.7 Å². The van der Waals surface area contributed by atoms with E-state index in [1.54, 1.807) is 4.90 Å². The largest absolute Gasteiger partial charge is 0.463 e. The molecule has 1 saturated heterocycles. The first-order valence-corrected chi connectivity index (χ1v) is 14.9. The Labute approximate surface area is 266 Å². The lowest BCUT2D eigenvalue weighted by Crippen LogP contribution is -2.55. The standard InChI is InChI=1S/C33H38ClN7O2/c1-4-29(42)41-18-17-40(19-24(41)11-15-35)31-25-12-16-39(28-10-6-8-23-7-5-9-26(34)30(23)28)20-27(25)36-32(37-31)43-22-33(13-14-33)21-38(2)3/h4-10,24H,1,11-14,16-22H2,2-3H3/i2D3,3D3. The number of halogens is 1. The van der Waals surface area contributed by atoms with Gasteiger partial charge in [0.2, 0.25) is 5.91 Å². The van der Waals surface area contributed by atoms with Gasteiger partial charge in [0.25, 0.3) is 0 Å². The highest BCUT2D eigenvalue weighted by Gasteiger charge is 2.44. The van der Waals surface area contributed by atoms with Gasteiger partial charge in [0, 0.05) is 63.0 Å². The molecule has 1 aromatic heterocycles. The molecule has 1 saturated carbocycles. The van der Waals surface area contributed by atoms with E-state index in [1.165, 1.54) is 6.08 Å². The van der Waals surface area contributed by atoms with Crippen LogP contribution in [-0.4, -0.2) is 85.0 Å². The minimum atomic E-state index is -2.79. The minimum absolute atomic E-state index is 0.0508. The Kier molecular flexibility index (Phi) is 6.33. The second-order valence-corrected chi connectivity index (χ2v) is 12.0. The van der Waals surface area contributed by atoms with E-state index >= 15 is 0 Å². The molecular weight excluding hydrogens is 562 g/mol. The van der Waals surface area contributed by atoms with Crippen molar-refractivity contribution in [3.05, 3.63) is 65.3 Å². The molecule has 224 valence electrons. The predicted octanol–water partition coefficient (Wildman–Crippen LogP) is 4.68. The number of nitriles is 1. The zero-order chi connectivity index (χ0) is 35.1. The van der Waals surface area contributed by atoms with Gasteiger partial charge >= 0.3 is 6.01 Å². The molecule has 3 heterocycles. The Morgan fingerprint density at radius 3 is 2.79 bits per heavy atom. The Morgan fingerprint density at radius 1 is 1.23 bits per heavy atom. The highest BCUT2D eigenvalue weighted by atomic mass is 35.5. The number of ether oxygens (including phenoxy) is 1. The van der Waals surface area contributed by atoms with Crippen molar-refractivity contribution in [2.24, 2.45) is 5.41 Å². The summed E-state index contributed by atoms with van der Waals surface area (Å²) in [6.45, 7) is 0.270. The molecule has 6 rings (SSSR count). The number of hydrogen-bond donors (Lipinski definition) is 0. The van der Waals surface area contributed by atoms with Crippen LogP contribution in [0.15, 0.2) is 49.1 Å². The van der Waals surface area contributed by atoms with Gasteiger partial charge < -0.3 is 24.3 Å². The zero-order valence-corrected chi connectivity index (χ0v) is 24.7. The number of rotatable bonds is 9. The summed E-state index contributed by atoms with van der Waals surface area (Å²) in [5.74, 6) is 0.441. The molecule has 1 atom stereocenters. The van der Waals surface area contributed by atoms with Crippen LogP contribution in [0.25, 0.3) is 10.8 Å². The molecule has 2 aromatic carbocycles. The Morgan fingerprint density at radius 2 is 2.05 bits per heavy atom. The summed E-state index contributed by atoms with van der Waals surface area (Å²) < 4.78 is 53.1. The number of amides is 1. The third-order valence-electron chi connectivity index (χ3n) is 8.72. The summed E-state index contributed by atoms with van der Waals surface area (Å²) in [5, 5.41) is 12.2. The molecule has 2 aliphatic heterocycles. The normalized spacial score (nSPS) is 21.9. The summed E-state index contributed by atoms with van der Waals surface area (Å²) in [5.41, 5.74) is 2.02. The van der Waals surface area contributed by atoms with Crippen LogP contribution in [0.5, 0.6) is 6.01 Å². The van der Waals surface area contributed by atoms with E-state index in [4.69, 9.17) is 34.5 Å². The van der Waals surface area contributed by atoms with Crippen LogP contribution < -0.4 is 14.5 Å². The first-order chi connectivity index (χ1) is 23.2. The van der Waals surface area contributed by atoms with Crippen molar-refractivity contribution < 1.29 is 17.8 Å². The predicted molar refractivity (Wildman–Crippen MR) is 170 cm³/mol. The van der Waals surface area contributed by atoms with E-state index in [1.807, 2.05) is 36.4 Å². The zero-order valence-electron chi connectivity index (χ0n) is 29.9. The van der Waals surface area contributed by atoms with E-state index in [2.05, 4.69) is 22.4 Å². The fraction of sp³-hybridized carbons (Fsp3) is 0.455. The lowest BCUT2D eigenvalue weighted by Gasteiger charge is -2.42. The number of fused-ring (bicyclic) bond motifs is 2. The van der Waals surface area contributed by atoms with Crippen molar-refractivity contribution in [1.82, 2.24) is 19.8 Å². The first kappa shape index (κ1) is 22.6. The van der Waals surface area contributed by atoms with Gasteiger partial charge in [-0.1, -0.05) is 42.4 Å². The Balaban J connectivity index is 1.33. The average Bonchev–Trinajstić information content (AvgIpc) is 3.84. The number of carbonyl (C=O) groups is 1. The van der Waals surface area contributed by atoms with E-state index in [0.717, 1.165) is 27.7 Å². The second-order valence-electron chi connectivity index (χ2n) is 11.6. The summed E-state index contributed by atoms with van der Waals surface area (Å²) in [4.78, 5) is 28.9. The molecule has 0 spiro atoms. The SMILES string of the molecule is [2H]C([2H])([2H])N(CC1(COc2nc3c(c(N4CCN(C(=O)C=C)C(CC#N)C4)n2)CCN(c2cccc4cccc(Cl)c24)C3)CC1)C([2H])([2H])[2H]. The smallest absolute Gasteiger partial charge is 0.318 e. The molecule has 1 unspecified atom stereocenters. The molecular formula is C33H38ClN7O2. The summed E-state index contributed by atoms with van der Waals surface area (Å²) in [6, 6.07) is 13.8. The lowest BCUT2D eigenvalue weighted by atomic mass is 10.0. The molecule has 3 aromatic rings. The number of piperazine rings is 1. The highest BCUT2D eigenvalue weighted by Crippen LogP contribution is 2.46. The highest BCUT2D eigenvalue weighted by molar-refractivity contribution is 6.36.